The number of rotatable bonds is 2. The summed E-state index contributed by atoms with van der Waals surface area (Å²) in [5.74, 6) is 1.27. The van der Waals surface area contributed by atoms with Crippen LogP contribution in [-0.2, 0) is 4.79 Å². The van der Waals surface area contributed by atoms with Gasteiger partial charge in [0.15, 0.2) is 11.5 Å². The Morgan fingerprint density at radius 2 is 1.95 bits per heavy atom. The highest BCUT2D eigenvalue weighted by molar-refractivity contribution is 6.34. The molecule has 1 amide bonds. The van der Waals surface area contributed by atoms with Crippen molar-refractivity contribution in [3.63, 3.8) is 0 Å². The lowest BCUT2D eigenvalue weighted by molar-refractivity contribution is -0.120. The number of fused-ring (bicyclic) bond motifs is 1. The monoisotopic (exact) mass is 293 g/mol. The second-order valence-electron chi connectivity index (χ2n) is 4.95. The standard InChI is InChI=1S/C15H16ClNO3/c16-11-8-13-14(20-7-6-19-13)9-12(11)17-15(18)10-4-2-1-3-5-10/h1-2,8-10H,3-7H2,(H,17,18). The summed E-state index contributed by atoms with van der Waals surface area (Å²) in [6.45, 7) is 1.03. The molecule has 0 aromatic heterocycles. The average molecular weight is 294 g/mol. The molecule has 3 rings (SSSR count). The number of carbonyl (C=O) groups is 1. The van der Waals surface area contributed by atoms with Crippen molar-refractivity contribution in [2.45, 2.75) is 19.3 Å². The minimum Gasteiger partial charge on any atom is -0.486 e. The number of amides is 1. The summed E-state index contributed by atoms with van der Waals surface area (Å²) in [4.78, 5) is 12.2. The van der Waals surface area contributed by atoms with Gasteiger partial charge in [0, 0.05) is 18.1 Å². The molecule has 1 atom stereocenters. The molecule has 106 valence electrons. The van der Waals surface area contributed by atoms with Gasteiger partial charge in [0.1, 0.15) is 13.2 Å². The van der Waals surface area contributed by atoms with Crippen molar-refractivity contribution in [2.24, 2.45) is 5.92 Å². The van der Waals surface area contributed by atoms with E-state index in [0.29, 0.717) is 35.4 Å². The van der Waals surface area contributed by atoms with Crippen molar-refractivity contribution in [3.05, 3.63) is 29.3 Å². The zero-order valence-corrected chi connectivity index (χ0v) is 11.8. The van der Waals surface area contributed by atoms with E-state index in [0.717, 1.165) is 19.3 Å². The van der Waals surface area contributed by atoms with Gasteiger partial charge in [-0.15, -0.1) is 0 Å². The highest BCUT2D eigenvalue weighted by Crippen LogP contribution is 2.38. The first-order valence-corrected chi connectivity index (χ1v) is 7.17. The largest absolute Gasteiger partial charge is 0.486 e. The van der Waals surface area contributed by atoms with E-state index in [2.05, 4.69) is 17.5 Å². The predicted octanol–water partition coefficient (Wildman–Crippen LogP) is 3.41. The van der Waals surface area contributed by atoms with Crippen LogP contribution in [-0.4, -0.2) is 19.1 Å². The first-order valence-electron chi connectivity index (χ1n) is 6.79. The molecule has 0 saturated heterocycles. The van der Waals surface area contributed by atoms with Gasteiger partial charge in [0.05, 0.1) is 10.7 Å². The molecule has 1 aromatic rings. The van der Waals surface area contributed by atoms with Crippen LogP contribution >= 0.6 is 11.6 Å². The Kier molecular flexibility index (Phi) is 3.83. The summed E-state index contributed by atoms with van der Waals surface area (Å²) in [7, 11) is 0. The summed E-state index contributed by atoms with van der Waals surface area (Å²) in [5, 5.41) is 3.36. The molecule has 1 unspecified atom stereocenters. The molecule has 0 radical (unpaired) electrons. The van der Waals surface area contributed by atoms with Crippen molar-refractivity contribution in [2.75, 3.05) is 18.5 Å². The molecule has 0 spiro atoms. The van der Waals surface area contributed by atoms with E-state index < -0.39 is 0 Å². The first-order chi connectivity index (χ1) is 9.74. The lowest BCUT2D eigenvalue weighted by atomic mass is 9.93. The Morgan fingerprint density at radius 1 is 1.20 bits per heavy atom. The Hall–Kier alpha value is -1.68. The smallest absolute Gasteiger partial charge is 0.227 e. The molecule has 1 aliphatic carbocycles. The molecular weight excluding hydrogens is 278 g/mol. The van der Waals surface area contributed by atoms with Gasteiger partial charge in [-0.05, 0) is 19.3 Å². The third-order valence-electron chi connectivity index (χ3n) is 3.53. The highest BCUT2D eigenvalue weighted by Gasteiger charge is 2.21. The molecule has 1 aromatic carbocycles. The number of anilines is 1. The van der Waals surface area contributed by atoms with Crippen LogP contribution in [0, 0.1) is 5.92 Å². The quantitative estimate of drug-likeness (QED) is 0.850. The van der Waals surface area contributed by atoms with E-state index in [-0.39, 0.29) is 11.8 Å². The second kappa shape index (κ2) is 5.75. The third kappa shape index (κ3) is 2.75. The van der Waals surface area contributed by atoms with Gasteiger partial charge in [-0.3, -0.25) is 4.79 Å². The van der Waals surface area contributed by atoms with Crippen LogP contribution in [0.25, 0.3) is 0 Å². The van der Waals surface area contributed by atoms with Crippen LogP contribution in [0.1, 0.15) is 19.3 Å². The molecule has 1 N–H and O–H groups in total. The normalized spacial score (nSPS) is 20.6. The van der Waals surface area contributed by atoms with E-state index in [9.17, 15) is 4.79 Å². The molecule has 0 fully saturated rings. The second-order valence-corrected chi connectivity index (χ2v) is 5.35. The number of hydrogen-bond donors (Lipinski definition) is 1. The van der Waals surface area contributed by atoms with Crippen LogP contribution in [0.15, 0.2) is 24.3 Å². The van der Waals surface area contributed by atoms with E-state index in [4.69, 9.17) is 21.1 Å². The first kappa shape index (κ1) is 13.3. The zero-order valence-electron chi connectivity index (χ0n) is 11.0. The van der Waals surface area contributed by atoms with E-state index in [1.807, 2.05) is 0 Å². The number of benzene rings is 1. The van der Waals surface area contributed by atoms with Crippen molar-refractivity contribution in [1.82, 2.24) is 0 Å². The van der Waals surface area contributed by atoms with Gasteiger partial charge >= 0.3 is 0 Å². The Bertz CT molecular complexity index is 556. The molecule has 0 bridgehead atoms. The number of halogens is 1. The van der Waals surface area contributed by atoms with Crippen molar-refractivity contribution in [3.8, 4) is 11.5 Å². The molecule has 4 nitrogen and oxygen atoms in total. The number of nitrogens with one attached hydrogen (secondary N) is 1. The number of carbonyl (C=O) groups excluding carboxylic acids is 1. The van der Waals surface area contributed by atoms with Gasteiger partial charge < -0.3 is 14.8 Å². The number of ether oxygens (including phenoxy) is 2. The van der Waals surface area contributed by atoms with Crippen LogP contribution in [0.2, 0.25) is 5.02 Å². The van der Waals surface area contributed by atoms with Crippen LogP contribution in [0.4, 0.5) is 5.69 Å². The third-order valence-corrected chi connectivity index (χ3v) is 3.84. The van der Waals surface area contributed by atoms with Crippen molar-refractivity contribution < 1.29 is 14.3 Å². The number of hydrogen-bond acceptors (Lipinski definition) is 3. The SMILES string of the molecule is O=C(Nc1cc2c(cc1Cl)OCCO2)C1CC=CCC1. The molecule has 1 aliphatic heterocycles. The van der Waals surface area contributed by atoms with Gasteiger partial charge in [0.25, 0.3) is 0 Å². The summed E-state index contributed by atoms with van der Waals surface area (Å²) in [5.41, 5.74) is 0.579. The molecule has 5 heteroatoms. The Balaban J connectivity index is 1.76. The highest BCUT2D eigenvalue weighted by atomic mass is 35.5. The van der Waals surface area contributed by atoms with Gasteiger partial charge in [-0.25, -0.2) is 0 Å². The lowest BCUT2D eigenvalue weighted by Crippen LogP contribution is -2.24. The zero-order chi connectivity index (χ0) is 13.9. The van der Waals surface area contributed by atoms with Gasteiger partial charge in [-0.1, -0.05) is 23.8 Å². The Labute approximate surface area is 122 Å². The maximum absolute atomic E-state index is 12.2. The van der Waals surface area contributed by atoms with Crippen molar-refractivity contribution >= 4 is 23.2 Å². The van der Waals surface area contributed by atoms with Crippen LogP contribution < -0.4 is 14.8 Å². The molecule has 2 aliphatic rings. The Morgan fingerprint density at radius 3 is 2.65 bits per heavy atom. The minimum absolute atomic E-state index is 0.00734. The summed E-state index contributed by atoms with van der Waals surface area (Å²) >= 11 is 6.18. The fraction of sp³-hybridized carbons (Fsp3) is 0.400. The van der Waals surface area contributed by atoms with E-state index >= 15 is 0 Å². The molecule has 0 saturated carbocycles. The van der Waals surface area contributed by atoms with E-state index in [1.165, 1.54) is 0 Å². The maximum Gasteiger partial charge on any atom is 0.227 e. The fourth-order valence-corrected chi connectivity index (χ4v) is 2.63. The van der Waals surface area contributed by atoms with Crippen molar-refractivity contribution in [1.29, 1.82) is 0 Å². The lowest BCUT2D eigenvalue weighted by Gasteiger charge is -2.21. The molecular formula is C15H16ClNO3. The fourth-order valence-electron chi connectivity index (χ4n) is 2.43. The van der Waals surface area contributed by atoms with Crippen LogP contribution in [0.5, 0.6) is 11.5 Å². The summed E-state index contributed by atoms with van der Waals surface area (Å²) in [6.07, 6.45) is 6.78. The average Bonchev–Trinajstić information content (AvgIpc) is 2.49. The van der Waals surface area contributed by atoms with E-state index in [1.54, 1.807) is 12.1 Å². The minimum atomic E-state index is 0.00734. The summed E-state index contributed by atoms with van der Waals surface area (Å²) < 4.78 is 10.9. The topological polar surface area (TPSA) is 47.6 Å². The predicted molar refractivity (Wildman–Crippen MR) is 77.6 cm³/mol. The number of allylic oxidation sites excluding steroid dienone is 2. The van der Waals surface area contributed by atoms with Gasteiger partial charge in [0.2, 0.25) is 5.91 Å². The van der Waals surface area contributed by atoms with Gasteiger partial charge in [-0.2, -0.15) is 0 Å². The van der Waals surface area contributed by atoms with Crippen LogP contribution in [0.3, 0.4) is 0 Å². The molecule has 1 heterocycles. The summed E-state index contributed by atoms with van der Waals surface area (Å²) in [6, 6.07) is 3.42. The maximum atomic E-state index is 12.2. The molecule has 20 heavy (non-hydrogen) atoms.